The number of benzene rings is 1. The maximum atomic E-state index is 12.1. The summed E-state index contributed by atoms with van der Waals surface area (Å²) in [6, 6.07) is 5.17. The van der Waals surface area contributed by atoms with Crippen LogP contribution < -0.4 is 5.32 Å². The van der Waals surface area contributed by atoms with Crippen LogP contribution in [0.1, 0.15) is 12.8 Å². The number of nitro groups is 1. The van der Waals surface area contributed by atoms with E-state index in [1.54, 1.807) is 6.07 Å². The Kier molecular flexibility index (Phi) is 4.36. The molecule has 2 rings (SSSR count). The molecule has 8 heteroatoms. The highest BCUT2D eigenvalue weighted by atomic mass is 16.6. The third-order valence-electron chi connectivity index (χ3n) is 3.37. The van der Waals surface area contributed by atoms with Gasteiger partial charge in [-0.3, -0.25) is 14.9 Å². The maximum Gasteiger partial charge on any atom is 0.321 e. The van der Waals surface area contributed by atoms with Crippen molar-refractivity contribution < 1.29 is 19.6 Å². The van der Waals surface area contributed by atoms with Crippen molar-refractivity contribution in [2.24, 2.45) is 5.92 Å². The number of carboxylic acids is 1. The Morgan fingerprint density at radius 3 is 2.86 bits per heavy atom. The zero-order chi connectivity index (χ0) is 15.4. The molecule has 1 unspecified atom stereocenters. The average molecular weight is 293 g/mol. The lowest BCUT2D eigenvalue weighted by molar-refractivity contribution is -0.384. The van der Waals surface area contributed by atoms with Crippen LogP contribution in [0.25, 0.3) is 0 Å². The number of aliphatic carboxylic acids is 1. The molecule has 112 valence electrons. The molecule has 1 fully saturated rings. The topological polar surface area (TPSA) is 113 Å². The van der Waals surface area contributed by atoms with Crippen LogP contribution in [0.15, 0.2) is 24.3 Å². The Bertz CT molecular complexity index is 575. The summed E-state index contributed by atoms with van der Waals surface area (Å²) < 4.78 is 0. The van der Waals surface area contributed by atoms with Crippen LogP contribution in [-0.4, -0.2) is 40.0 Å². The highest BCUT2D eigenvalue weighted by molar-refractivity contribution is 5.90. The molecule has 0 bridgehead atoms. The first kappa shape index (κ1) is 14.8. The van der Waals surface area contributed by atoms with Crippen LogP contribution >= 0.6 is 0 Å². The number of hydrogen-bond donors (Lipinski definition) is 2. The first-order chi connectivity index (χ1) is 9.97. The number of rotatable bonds is 3. The number of carbonyl (C=O) groups excluding carboxylic acids is 1. The van der Waals surface area contributed by atoms with Crippen LogP contribution in [0.4, 0.5) is 16.2 Å². The molecule has 21 heavy (non-hydrogen) atoms. The fraction of sp³-hybridized carbons (Fsp3) is 0.385. The van der Waals surface area contributed by atoms with Gasteiger partial charge >= 0.3 is 12.0 Å². The number of nitro benzene ring substituents is 1. The minimum atomic E-state index is -0.914. The largest absolute Gasteiger partial charge is 0.481 e. The van der Waals surface area contributed by atoms with E-state index in [4.69, 9.17) is 5.11 Å². The first-order valence-electron chi connectivity index (χ1n) is 6.50. The lowest BCUT2D eigenvalue weighted by atomic mass is 9.99. The number of nitrogens with one attached hydrogen (secondary N) is 1. The fourth-order valence-corrected chi connectivity index (χ4v) is 2.26. The van der Waals surface area contributed by atoms with Gasteiger partial charge < -0.3 is 15.3 Å². The molecule has 0 saturated carbocycles. The molecule has 1 saturated heterocycles. The van der Waals surface area contributed by atoms with Crippen molar-refractivity contribution >= 4 is 23.4 Å². The van der Waals surface area contributed by atoms with E-state index in [-0.39, 0.29) is 12.2 Å². The standard InChI is InChI=1S/C13H15N3O5/c17-12(18)9-3-2-6-15(8-9)13(19)14-10-4-1-5-11(7-10)16(20)21/h1,4-5,7,9H,2-3,6,8H2,(H,14,19)(H,17,18). The Morgan fingerprint density at radius 2 is 2.19 bits per heavy atom. The van der Waals surface area contributed by atoms with Crippen molar-refractivity contribution in [2.45, 2.75) is 12.8 Å². The molecule has 1 aliphatic rings. The second-order valence-electron chi connectivity index (χ2n) is 4.86. The van der Waals surface area contributed by atoms with E-state index in [2.05, 4.69) is 5.32 Å². The van der Waals surface area contributed by atoms with Crippen LogP contribution in [0.3, 0.4) is 0 Å². The number of carboxylic acid groups (broad SMARTS) is 1. The van der Waals surface area contributed by atoms with Crippen molar-refractivity contribution in [1.29, 1.82) is 0 Å². The molecule has 1 aromatic carbocycles. The van der Waals surface area contributed by atoms with Gasteiger partial charge in [-0.25, -0.2) is 4.79 Å². The van der Waals surface area contributed by atoms with Gasteiger partial charge in [-0.15, -0.1) is 0 Å². The highest BCUT2D eigenvalue weighted by Gasteiger charge is 2.28. The van der Waals surface area contributed by atoms with Crippen LogP contribution in [0, 0.1) is 16.0 Å². The van der Waals surface area contributed by atoms with Gasteiger partial charge in [0, 0.05) is 30.9 Å². The van der Waals surface area contributed by atoms with Gasteiger partial charge in [0.25, 0.3) is 5.69 Å². The average Bonchev–Trinajstić information content (AvgIpc) is 2.47. The van der Waals surface area contributed by atoms with E-state index in [0.717, 1.165) is 0 Å². The molecular formula is C13H15N3O5. The van der Waals surface area contributed by atoms with Gasteiger partial charge in [-0.2, -0.15) is 0 Å². The van der Waals surface area contributed by atoms with E-state index in [1.807, 2.05) is 0 Å². The predicted octanol–water partition coefficient (Wildman–Crippen LogP) is 1.92. The number of non-ortho nitro benzene ring substituents is 1. The molecule has 1 heterocycles. The predicted molar refractivity (Wildman–Crippen MR) is 74.0 cm³/mol. The van der Waals surface area contributed by atoms with E-state index < -0.39 is 22.8 Å². The molecule has 0 radical (unpaired) electrons. The summed E-state index contributed by atoms with van der Waals surface area (Å²) in [5.74, 6) is -1.47. The van der Waals surface area contributed by atoms with E-state index in [1.165, 1.54) is 23.1 Å². The zero-order valence-electron chi connectivity index (χ0n) is 11.2. The Hall–Kier alpha value is -2.64. The second-order valence-corrected chi connectivity index (χ2v) is 4.86. The second kappa shape index (κ2) is 6.21. The minimum absolute atomic E-state index is 0.116. The molecule has 0 aliphatic carbocycles. The van der Waals surface area contributed by atoms with Crippen LogP contribution in [0.5, 0.6) is 0 Å². The van der Waals surface area contributed by atoms with Crippen molar-refractivity contribution in [3.05, 3.63) is 34.4 Å². The third-order valence-corrected chi connectivity index (χ3v) is 3.37. The molecule has 1 atom stereocenters. The molecule has 2 amide bonds. The SMILES string of the molecule is O=C(O)C1CCCN(C(=O)Nc2cccc([N+](=O)[O-])c2)C1. The van der Waals surface area contributed by atoms with Crippen molar-refractivity contribution in [2.75, 3.05) is 18.4 Å². The van der Waals surface area contributed by atoms with Crippen LogP contribution in [-0.2, 0) is 4.79 Å². The Labute approximate surface area is 120 Å². The molecular weight excluding hydrogens is 278 g/mol. The zero-order valence-corrected chi connectivity index (χ0v) is 11.2. The van der Waals surface area contributed by atoms with Crippen molar-refractivity contribution in [3.63, 3.8) is 0 Å². The summed E-state index contributed by atoms with van der Waals surface area (Å²) in [6.07, 6.45) is 1.18. The number of piperidine rings is 1. The van der Waals surface area contributed by atoms with Gasteiger partial charge in [-0.05, 0) is 18.9 Å². The van der Waals surface area contributed by atoms with Crippen LogP contribution in [0.2, 0.25) is 0 Å². The lowest BCUT2D eigenvalue weighted by Gasteiger charge is -2.30. The molecule has 8 nitrogen and oxygen atoms in total. The van der Waals surface area contributed by atoms with E-state index in [0.29, 0.717) is 25.1 Å². The maximum absolute atomic E-state index is 12.1. The Balaban J connectivity index is 2.02. The summed E-state index contributed by atoms with van der Waals surface area (Å²) in [5.41, 5.74) is 0.196. The number of amides is 2. The molecule has 0 aromatic heterocycles. The fourth-order valence-electron chi connectivity index (χ4n) is 2.26. The number of carbonyl (C=O) groups is 2. The molecule has 0 spiro atoms. The van der Waals surface area contributed by atoms with E-state index in [9.17, 15) is 19.7 Å². The third kappa shape index (κ3) is 3.68. The van der Waals surface area contributed by atoms with Crippen molar-refractivity contribution in [3.8, 4) is 0 Å². The Morgan fingerprint density at radius 1 is 1.43 bits per heavy atom. The van der Waals surface area contributed by atoms with Gasteiger partial charge in [0.05, 0.1) is 10.8 Å². The monoisotopic (exact) mass is 293 g/mol. The molecule has 1 aliphatic heterocycles. The summed E-state index contributed by atoms with van der Waals surface area (Å²) in [6.45, 7) is 0.626. The number of urea groups is 1. The number of nitrogens with zero attached hydrogens (tertiary/aromatic N) is 2. The summed E-state index contributed by atoms with van der Waals surface area (Å²) >= 11 is 0. The van der Waals surface area contributed by atoms with Gasteiger partial charge in [0.15, 0.2) is 0 Å². The van der Waals surface area contributed by atoms with Gasteiger partial charge in [-0.1, -0.05) is 6.07 Å². The minimum Gasteiger partial charge on any atom is -0.481 e. The number of anilines is 1. The normalized spacial score (nSPS) is 18.1. The van der Waals surface area contributed by atoms with Crippen molar-refractivity contribution in [1.82, 2.24) is 4.90 Å². The highest BCUT2D eigenvalue weighted by Crippen LogP contribution is 2.20. The molecule has 1 aromatic rings. The quantitative estimate of drug-likeness (QED) is 0.653. The number of hydrogen-bond acceptors (Lipinski definition) is 4. The summed E-state index contributed by atoms with van der Waals surface area (Å²) in [7, 11) is 0. The van der Waals surface area contributed by atoms with E-state index >= 15 is 0 Å². The smallest absolute Gasteiger partial charge is 0.321 e. The lowest BCUT2D eigenvalue weighted by Crippen LogP contribution is -2.44. The van der Waals surface area contributed by atoms with Gasteiger partial charge in [0.2, 0.25) is 0 Å². The summed E-state index contributed by atoms with van der Waals surface area (Å²) in [4.78, 5) is 34.6. The molecule has 2 N–H and O–H groups in total. The number of likely N-dealkylation sites (tertiary alicyclic amines) is 1. The summed E-state index contributed by atoms with van der Waals surface area (Å²) in [5, 5.41) is 22.2. The van der Waals surface area contributed by atoms with Gasteiger partial charge in [0.1, 0.15) is 0 Å². The first-order valence-corrected chi connectivity index (χ1v) is 6.50.